The smallest absolute Gasteiger partial charge is 0.293 e. The highest BCUT2D eigenvalue weighted by Gasteiger charge is 2.35. The number of halogens is 1. The van der Waals surface area contributed by atoms with Gasteiger partial charge in [0, 0.05) is 20.0 Å². The summed E-state index contributed by atoms with van der Waals surface area (Å²) in [5.41, 5.74) is 0.616. The molecule has 2 aliphatic rings. The van der Waals surface area contributed by atoms with Crippen LogP contribution in [0.2, 0.25) is 0 Å². The van der Waals surface area contributed by atoms with E-state index in [1.165, 1.54) is 37.3 Å². The van der Waals surface area contributed by atoms with Gasteiger partial charge in [0.15, 0.2) is 0 Å². The minimum absolute atomic E-state index is 0.0363. The van der Waals surface area contributed by atoms with Crippen molar-refractivity contribution >= 4 is 40.8 Å². The first-order valence-corrected chi connectivity index (χ1v) is 10.7. The Bertz CT molecular complexity index is 866. The van der Waals surface area contributed by atoms with Crippen LogP contribution in [0.1, 0.15) is 38.2 Å². The van der Waals surface area contributed by atoms with Crippen molar-refractivity contribution in [3.63, 3.8) is 0 Å². The molecule has 1 aliphatic heterocycles. The van der Waals surface area contributed by atoms with E-state index >= 15 is 0 Å². The highest BCUT2D eigenvalue weighted by molar-refractivity contribution is 8.18. The van der Waals surface area contributed by atoms with E-state index in [9.17, 15) is 23.6 Å². The summed E-state index contributed by atoms with van der Waals surface area (Å²) in [5.74, 6) is -1.29. The molecule has 1 heterocycles. The quantitative estimate of drug-likeness (QED) is 0.645. The number of carbonyl (C=O) groups is 4. The van der Waals surface area contributed by atoms with Gasteiger partial charge in [0.1, 0.15) is 11.9 Å². The molecule has 1 saturated carbocycles. The van der Waals surface area contributed by atoms with Gasteiger partial charge in [-0.05, 0) is 54.3 Å². The number of amides is 4. The molecule has 3 rings (SSSR count). The number of carbonyl (C=O) groups excluding carboxylic acids is 4. The summed E-state index contributed by atoms with van der Waals surface area (Å²) in [5, 5.41) is 5.03. The minimum Gasteiger partial charge on any atom is -0.353 e. The third-order valence-corrected chi connectivity index (χ3v) is 6.10. The summed E-state index contributed by atoms with van der Waals surface area (Å²) in [6.45, 7) is 1.52. The van der Waals surface area contributed by atoms with Gasteiger partial charge in [-0.25, -0.2) is 4.39 Å². The van der Waals surface area contributed by atoms with Gasteiger partial charge in [0.2, 0.25) is 11.8 Å². The number of hydrogen-bond acceptors (Lipinski definition) is 5. The monoisotopic (exact) mass is 433 g/mol. The Morgan fingerprint density at radius 1 is 1.23 bits per heavy atom. The van der Waals surface area contributed by atoms with E-state index in [1.54, 1.807) is 0 Å². The van der Waals surface area contributed by atoms with Crippen LogP contribution < -0.4 is 10.6 Å². The van der Waals surface area contributed by atoms with Gasteiger partial charge in [-0.2, -0.15) is 0 Å². The molecule has 160 valence electrons. The standard InChI is InChI=1S/C21H24FN3O4S/c1-13(26)24-18(15-4-2-3-5-15)19(27)23-10-11-25-20(28)17(30-21(25)29)12-14-6-8-16(22)9-7-14/h6-9,12,15,18H,2-5,10-11H2,1H3,(H,23,27)(H,24,26)/b17-12-. The van der Waals surface area contributed by atoms with Crippen LogP contribution in [0.15, 0.2) is 29.2 Å². The molecule has 0 bridgehead atoms. The molecule has 30 heavy (non-hydrogen) atoms. The number of thioether (sulfide) groups is 1. The second kappa shape index (κ2) is 9.88. The zero-order chi connectivity index (χ0) is 21.7. The Labute approximate surface area is 178 Å². The van der Waals surface area contributed by atoms with Crippen molar-refractivity contribution in [2.45, 2.75) is 38.6 Å². The maximum atomic E-state index is 13.0. The fraction of sp³-hybridized carbons (Fsp3) is 0.429. The van der Waals surface area contributed by atoms with E-state index in [-0.39, 0.29) is 41.5 Å². The van der Waals surface area contributed by atoms with Crippen molar-refractivity contribution in [2.24, 2.45) is 5.92 Å². The average Bonchev–Trinajstić information content (AvgIpc) is 3.32. The molecule has 0 spiro atoms. The van der Waals surface area contributed by atoms with Gasteiger partial charge >= 0.3 is 0 Å². The van der Waals surface area contributed by atoms with Crippen molar-refractivity contribution in [2.75, 3.05) is 13.1 Å². The van der Waals surface area contributed by atoms with Crippen LogP contribution in [0.4, 0.5) is 9.18 Å². The van der Waals surface area contributed by atoms with Crippen LogP contribution in [0, 0.1) is 11.7 Å². The van der Waals surface area contributed by atoms with Gasteiger partial charge in [0.25, 0.3) is 11.1 Å². The molecule has 1 saturated heterocycles. The van der Waals surface area contributed by atoms with Crippen molar-refractivity contribution in [3.8, 4) is 0 Å². The number of nitrogens with one attached hydrogen (secondary N) is 2. The second-order valence-corrected chi connectivity index (χ2v) is 8.39. The zero-order valence-corrected chi connectivity index (χ0v) is 17.5. The highest BCUT2D eigenvalue weighted by atomic mass is 32.2. The molecule has 1 aromatic carbocycles. The first-order valence-electron chi connectivity index (χ1n) is 9.91. The molecule has 1 atom stereocenters. The number of imide groups is 1. The van der Waals surface area contributed by atoms with E-state index in [0.29, 0.717) is 5.56 Å². The number of benzene rings is 1. The molecule has 1 unspecified atom stereocenters. The van der Waals surface area contributed by atoms with Crippen LogP contribution in [0.25, 0.3) is 6.08 Å². The van der Waals surface area contributed by atoms with Gasteiger partial charge in [0.05, 0.1) is 4.91 Å². The lowest BCUT2D eigenvalue weighted by Crippen LogP contribution is -2.51. The minimum atomic E-state index is -0.599. The molecule has 0 aromatic heterocycles. The summed E-state index contributed by atoms with van der Waals surface area (Å²) in [4.78, 5) is 50.1. The number of nitrogens with zero attached hydrogens (tertiary/aromatic N) is 1. The Morgan fingerprint density at radius 3 is 2.53 bits per heavy atom. The van der Waals surface area contributed by atoms with E-state index in [0.717, 1.165) is 42.3 Å². The predicted octanol–water partition coefficient (Wildman–Crippen LogP) is 2.67. The van der Waals surface area contributed by atoms with Crippen molar-refractivity contribution in [1.82, 2.24) is 15.5 Å². The third-order valence-electron chi connectivity index (χ3n) is 5.19. The third kappa shape index (κ3) is 5.47. The van der Waals surface area contributed by atoms with Crippen molar-refractivity contribution < 1.29 is 23.6 Å². The number of hydrogen-bond donors (Lipinski definition) is 2. The fourth-order valence-corrected chi connectivity index (χ4v) is 4.58. The Kier molecular flexibility index (Phi) is 7.25. The molecular weight excluding hydrogens is 409 g/mol. The fourth-order valence-electron chi connectivity index (χ4n) is 3.71. The van der Waals surface area contributed by atoms with Crippen molar-refractivity contribution in [1.29, 1.82) is 0 Å². The first kappa shape index (κ1) is 22.0. The van der Waals surface area contributed by atoms with Gasteiger partial charge in [-0.15, -0.1) is 0 Å². The molecule has 9 heteroatoms. The maximum Gasteiger partial charge on any atom is 0.293 e. The van der Waals surface area contributed by atoms with Gasteiger partial charge < -0.3 is 10.6 Å². The normalized spacial score (nSPS) is 19.4. The topological polar surface area (TPSA) is 95.6 Å². The molecule has 0 radical (unpaired) electrons. The SMILES string of the molecule is CC(=O)NC(C(=O)NCCN1C(=O)S/C(=C\c2ccc(F)cc2)C1=O)C1CCCC1. The average molecular weight is 434 g/mol. The Balaban J connectivity index is 1.56. The van der Waals surface area contributed by atoms with E-state index in [4.69, 9.17) is 0 Å². The van der Waals surface area contributed by atoms with Crippen molar-refractivity contribution in [3.05, 3.63) is 40.6 Å². The summed E-state index contributed by atoms with van der Waals surface area (Å²) >= 11 is 0.810. The van der Waals surface area contributed by atoms with Crippen LogP contribution >= 0.6 is 11.8 Å². The molecule has 7 nitrogen and oxygen atoms in total. The summed E-state index contributed by atoms with van der Waals surface area (Å²) in [6.07, 6.45) is 5.37. The summed E-state index contributed by atoms with van der Waals surface area (Å²) < 4.78 is 13.0. The molecular formula is C21H24FN3O4S. The lowest BCUT2D eigenvalue weighted by Gasteiger charge is -2.23. The Hall–Kier alpha value is -2.68. The molecule has 1 aromatic rings. The highest BCUT2D eigenvalue weighted by Crippen LogP contribution is 2.32. The predicted molar refractivity (Wildman–Crippen MR) is 112 cm³/mol. The summed E-state index contributed by atoms with van der Waals surface area (Å²) in [6, 6.07) is 5.00. The van der Waals surface area contributed by atoms with Crippen LogP contribution in [-0.2, 0) is 14.4 Å². The lowest BCUT2D eigenvalue weighted by molar-refractivity contribution is -0.129. The van der Waals surface area contributed by atoms with E-state index in [1.807, 2.05) is 0 Å². The number of rotatable bonds is 7. The first-order chi connectivity index (χ1) is 14.3. The van der Waals surface area contributed by atoms with Crippen LogP contribution in [0.3, 0.4) is 0 Å². The van der Waals surface area contributed by atoms with E-state index < -0.39 is 17.2 Å². The van der Waals surface area contributed by atoms with Crippen LogP contribution in [0.5, 0.6) is 0 Å². The molecule has 1 aliphatic carbocycles. The van der Waals surface area contributed by atoms with Crippen LogP contribution in [-0.4, -0.2) is 47.0 Å². The zero-order valence-electron chi connectivity index (χ0n) is 16.7. The summed E-state index contributed by atoms with van der Waals surface area (Å²) in [7, 11) is 0. The van der Waals surface area contributed by atoms with Gasteiger partial charge in [-0.3, -0.25) is 24.1 Å². The Morgan fingerprint density at radius 2 is 1.90 bits per heavy atom. The van der Waals surface area contributed by atoms with Gasteiger partial charge in [-0.1, -0.05) is 25.0 Å². The lowest BCUT2D eigenvalue weighted by atomic mass is 9.97. The maximum absolute atomic E-state index is 13.0. The van der Waals surface area contributed by atoms with E-state index in [2.05, 4.69) is 10.6 Å². The molecule has 4 amide bonds. The molecule has 2 N–H and O–H groups in total. The molecule has 2 fully saturated rings. The largest absolute Gasteiger partial charge is 0.353 e. The second-order valence-electron chi connectivity index (χ2n) is 7.40.